The van der Waals surface area contributed by atoms with E-state index in [1.165, 1.54) is 0 Å². The van der Waals surface area contributed by atoms with Crippen molar-refractivity contribution >= 4 is 22.6 Å². The third kappa shape index (κ3) is 1.64. The maximum absolute atomic E-state index is 5.99. The Morgan fingerprint density at radius 3 is 3.12 bits per heavy atom. The van der Waals surface area contributed by atoms with E-state index in [0.29, 0.717) is 41.8 Å². The molecule has 84 valence electrons. The molecule has 1 fully saturated rings. The number of aromatic nitrogens is 4. The number of H-pyrrole nitrogens is 1. The van der Waals surface area contributed by atoms with Crippen LogP contribution in [0.4, 0.5) is 0 Å². The summed E-state index contributed by atoms with van der Waals surface area (Å²) >= 11 is 5.99. The highest BCUT2D eigenvalue weighted by Gasteiger charge is 2.21. The number of rotatable bonds is 1. The zero-order valence-electron chi connectivity index (χ0n) is 8.31. The van der Waals surface area contributed by atoms with Crippen LogP contribution in [0.5, 0.6) is 0 Å². The maximum atomic E-state index is 5.99. The van der Waals surface area contributed by atoms with Gasteiger partial charge in [-0.15, -0.1) is 0 Å². The van der Waals surface area contributed by atoms with E-state index < -0.39 is 0 Å². The van der Waals surface area contributed by atoms with Crippen molar-refractivity contribution in [2.45, 2.75) is 6.10 Å². The van der Waals surface area contributed by atoms with E-state index in [1.54, 1.807) is 6.20 Å². The van der Waals surface area contributed by atoms with Crippen molar-refractivity contribution in [3.63, 3.8) is 0 Å². The Labute approximate surface area is 95.9 Å². The smallest absolute Gasteiger partial charge is 0.162 e. The number of ether oxygens (including phenoxy) is 2. The lowest BCUT2D eigenvalue weighted by Gasteiger charge is -2.21. The van der Waals surface area contributed by atoms with Crippen LogP contribution in [0.25, 0.3) is 11.0 Å². The Morgan fingerprint density at radius 1 is 1.38 bits per heavy atom. The van der Waals surface area contributed by atoms with Crippen LogP contribution in [-0.4, -0.2) is 40.0 Å². The minimum atomic E-state index is -0.245. The largest absolute Gasteiger partial charge is 0.376 e. The van der Waals surface area contributed by atoms with Crippen LogP contribution in [0.3, 0.4) is 0 Å². The minimum absolute atomic E-state index is 0.245. The van der Waals surface area contributed by atoms with Gasteiger partial charge in [0.05, 0.1) is 19.8 Å². The predicted octanol–water partition coefficient (Wildman–Crippen LogP) is 1.09. The summed E-state index contributed by atoms with van der Waals surface area (Å²) in [6.07, 6.45) is 1.43. The zero-order valence-corrected chi connectivity index (χ0v) is 9.07. The van der Waals surface area contributed by atoms with E-state index in [1.807, 2.05) is 0 Å². The van der Waals surface area contributed by atoms with Crippen molar-refractivity contribution in [2.75, 3.05) is 19.8 Å². The van der Waals surface area contributed by atoms with Crippen LogP contribution < -0.4 is 0 Å². The molecule has 1 N–H and O–H groups in total. The molecule has 0 radical (unpaired) electrons. The molecule has 0 bridgehead atoms. The molecule has 1 aliphatic heterocycles. The lowest BCUT2D eigenvalue weighted by molar-refractivity contribution is -0.0934. The van der Waals surface area contributed by atoms with E-state index in [2.05, 4.69) is 20.2 Å². The van der Waals surface area contributed by atoms with Crippen molar-refractivity contribution in [2.24, 2.45) is 0 Å². The van der Waals surface area contributed by atoms with Gasteiger partial charge in [0.15, 0.2) is 11.0 Å². The molecule has 1 atom stereocenters. The summed E-state index contributed by atoms with van der Waals surface area (Å²) in [6.45, 7) is 1.62. The van der Waals surface area contributed by atoms with Crippen molar-refractivity contribution in [1.82, 2.24) is 20.2 Å². The molecule has 2 aromatic rings. The molecule has 2 aromatic heterocycles. The van der Waals surface area contributed by atoms with Gasteiger partial charge in [-0.2, -0.15) is 5.10 Å². The van der Waals surface area contributed by atoms with Gasteiger partial charge < -0.3 is 9.47 Å². The number of nitrogens with one attached hydrogen (secondary N) is 1. The average Bonchev–Trinajstić information content (AvgIpc) is 2.79. The number of fused-ring (bicyclic) bond motifs is 1. The molecule has 3 heterocycles. The van der Waals surface area contributed by atoms with Gasteiger partial charge in [0.1, 0.15) is 17.1 Å². The lowest BCUT2D eigenvalue weighted by Crippen LogP contribution is -2.23. The second kappa shape index (κ2) is 3.97. The fraction of sp³-hybridized carbons (Fsp3) is 0.444. The topological polar surface area (TPSA) is 72.9 Å². The Morgan fingerprint density at radius 2 is 2.31 bits per heavy atom. The van der Waals surface area contributed by atoms with Crippen LogP contribution in [0.1, 0.15) is 11.9 Å². The van der Waals surface area contributed by atoms with Gasteiger partial charge >= 0.3 is 0 Å². The highest BCUT2D eigenvalue weighted by molar-refractivity contribution is 6.33. The molecule has 0 amide bonds. The predicted molar refractivity (Wildman–Crippen MR) is 56.2 cm³/mol. The standard InChI is InChI=1S/C9H9ClN4O2/c10-8-7-5(3-11-14-7)12-9(13-8)6-4-15-1-2-16-6/h3,6H,1-2,4H2,(H,11,14). The van der Waals surface area contributed by atoms with Crippen LogP contribution in [0, 0.1) is 0 Å². The van der Waals surface area contributed by atoms with Gasteiger partial charge in [0, 0.05) is 6.20 Å². The number of halogens is 1. The van der Waals surface area contributed by atoms with E-state index >= 15 is 0 Å². The summed E-state index contributed by atoms with van der Waals surface area (Å²) in [5.74, 6) is 0.540. The minimum Gasteiger partial charge on any atom is -0.376 e. The van der Waals surface area contributed by atoms with Crippen LogP contribution in [-0.2, 0) is 9.47 Å². The van der Waals surface area contributed by atoms with Crippen molar-refractivity contribution < 1.29 is 9.47 Å². The van der Waals surface area contributed by atoms with Crippen LogP contribution in [0.15, 0.2) is 6.20 Å². The molecule has 1 saturated heterocycles. The first-order valence-electron chi connectivity index (χ1n) is 4.91. The summed E-state index contributed by atoms with van der Waals surface area (Å²) in [5, 5.41) is 6.98. The SMILES string of the molecule is Clc1nc(C2COCCO2)nc2c[nH]nc12. The zero-order chi connectivity index (χ0) is 11.0. The summed E-state index contributed by atoms with van der Waals surface area (Å²) in [5.41, 5.74) is 1.26. The second-order valence-electron chi connectivity index (χ2n) is 3.43. The summed E-state index contributed by atoms with van der Waals surface area (Å²) < 4.78 is 10.8. The third-order valence-electron chi connectivity index (χ3n) is 2.37. The monoisotopic (exact) mass is 240 g/mol. The van der Waals surface area contributed by atoms with Gasteiger partial charge in [-0.25, -0.2) is 9.97 Å². The van der Waals surface area contributed by atoms with E-state index in [-0.39, 0.29) is 6.10 Å². The molecule has 1 unspecified atom stereocenters. The number of nitrogens with zero attached hydrogens (tertiary/aromatic N) is 3. The maximum Gasteiger partial charge on any atom is 0.162 e. The summed E-state index contributed by atoms with van der Waals surface area (Å²) in [4.78, 5) is 8.49. The average molecular weight is 241 g/mol. The van der Waals surface area contributed by atoms with E-state index in [4.69, 9.17) is 21.1 Å². The van der Waals surface area contributed by atoms with E-state index in [9.17, 15) is 0 Å². The Hall–Kier alpha value is -1.24. The molecular formula is C9H9ClN4O2. The van der Waals surface area contributed by atoms with Crippen molar-refractivity contribution in [3.8, 4) is 0 Å². The summed E-state index contributed by atoms with van der Waals surface area (Å²) in [7, 11) is 0. The van der Waals surface area contributed by atoms with E-state index in [0.717, 1.165) is 0 Å². The fourth-order valence-corrected chi connectivity index (χ4v) is 1.83. The Balaban J connectivity index is 2.02. The van der Waals surface area contributed by atoms with Gasteiger partial charge in [0.2, 0.25) is 0 Å². The molecule has 0 aromatic carbocycles. The van der Waals surface area contributed by atoms with Gasteiger partial charge in [-0.3, -0.25) is 5.10 Å². The fourth-order valence-electron chi connectivity index (χ4n) is 1.60. The van der Waals surface area contributed by atoms with Crippen LogP contribution in [0.2, 0.25) is 5.15 Å². The highest BCUT2D eigenvalue weighted by atomic mass is 35.5. The number of aromatic amines is 1. The Kier molecular flexibility index (Phi) is 2.47. The van der Waals surface area contributed by atoms with Gasteiger partial charge in [-0.1, -0.05) is 11.6 Å². The molecule has 6 nitrogen and oxygen atoms in total. The lowest BCUT2D eigenvalue weighted by atomic mass is 10.3. The quantitative estimate of drug-likeness (QED) is 0.756. The first-order chi connectivity index (χ1) is 7.84. The first kappa shape index (κ1) is 9.95. The normalized spacial score (nSPS) is 21.4. The van der Waals surface area contributed by atoms with Crippen molar-refractivity contribution in [3.05, 3.63) is 17.2 Å². The molecule has 7 heteroatoms. The summed E-state index contributed by atoms with van der Waals surface area (Å²) in [6, 6.07) is 0. The van der Waals surface area contributed by atoms with Gasteiger partial charge in [0.25, 0.3) is 0 Å². The first-order valence-corrected chi connectivity index (χ1v) is 5.28. The molecule has 0 aliphatic carbocycles. The van der Waals surface area contributed by atoms with Crippen molar-refractivity contribution in [1.29, 1.82) is 0 Å². The van der Waals surface area contributed by atoms with Gasteiger partial charge in [-0.05, 0) is 0 Å². The van der Waals surface area contributed by atoms with Crippen LogP contribution >= 0.6 is 11.6 Å². The molecular weight excluding hydrogens is 232 g/mol. The Bertz CT molecular complexity index is 509. The molecule has 0 saturated carbocycles. The molecule has 1 aliphatic rings. The molecule has 0 spiro atoms. The number of hydrogen-bond acceptors (Lipinski definition) is 5. The number of hydrogen-bond donors (Lipinski definition) is 1. The second-order valence-corrected chi connectivity index (χ2v) is 3.78. The molecule has 16 heavy (non-hydrogen) atoms. The molecule has 3 rings (SSSR count). The highest BCUT2D eigenvalue weighted by Crippen LogP contribution is 2.23. The third-order valence-corrected chi connectivity index (χ3v) is 2.63.